The van der Waals surface area contributed by atoms with E-state index in [9.17, 15) is 9.18 Å². The van der Waals surface area contributed by atoms with Gasteiger partial charge >= 0.3 is 0 Å². The third-order valence-electron chi connectivity index (χ3n) is 4.17. The standard InChI is InChI=1S/C19H22FNO2/c1-13-5-10-18(11-14(13)2)23-12-19(22)21(4)15(3)16-6-8-17(20)9-7-16/h5-11,15H,12H2,1-4H3. The van der Waals surface area contributed by atoms with Crippen molar-refractivity contribution in [2.75, 3.05) is 13.7 Å². The van der Waals surface area contributed by atoms with Gasteiger partial charge in [0, 0.05) is 7.05 Å². The topological polar surface area (TPSA) is 29.5 Å². The third-order valence-corrected chi connectivity index (χ3v) is 4.17. The summed E-state index contributed by atoms with van der Waals surface area (Å²) in [6.07, 6.45) is 0. The van der Waals surface area contributed by atoms with Crippen molar-refractivity contribution in [1.82, 2.24) is 4.90 Å². The molecule has 0 fully saturated rings. The van der Waals surface area contributed by atoms with Crippen molar-refractivity contribution in [1.29, 1.82) is 0 Å². The van der Waals surface area contributed by atoms with Gasteiger partial charge in [0.05, 0.1) is 6.04 Å². The molecule has 4 heteroatoms. The molecule has 0 aliphatic rings. The van der Waals surface area contributed by atoms with Crippen molar-refractivity contribution in [3.05, 3.63) is 65.0 Å². The number of rotatable bonds is 5. The van der Waals surface area contributed by atoms with Crippen LogP contribution >= 0.6 is 0 Å². The summed E-state index contributed by atoms with van der Waals surface area (Å²) >= 11 is 0. The molecule has 0 N–H and O–H groups in total. The average Bonchev–Trinajstić information content (AvgIpc) is 2.55. The summed E-state index contributed by atoms with van der Waals surface area (Å²) in [7, 11) is 1.72. The van der Waals surface area contributed by atoms with Crippen LogP contribution in [0.25, 0.3) is 0 Å². The Kier molecular flexibility index (Phi) is 5.37. The fraction of sp³-hybridized carbons (Fsp3) is 0.316. The van der Waals surface area contributed by atoms with Gasteiger partial charge in [0.1, 0.15) is 11.6 Å². The van der Waals surface area contributed by atoms with E-state index in [0.717, 1.165) is 11.1 Å². The fourth-order valence-corrected chi connectivity index (χ4v) is 2.23. The fourth-order valence-electron chi connectivity index (χ4n) is 2.23. The minimum absolute atomic E-state index is 0.0233. The number of nitrogens with zero attached hydrogens (tertiary/aromatic N) is 1. The first-order chi connectivity index (χ1) is 10.9. The van der Waals surface area contributed by atoms with Crippen LogP contribution in [0.3, 0.4) is 0 Å². The highest BCUT2D eigenvalue weighted by molar-refractivity contribution is 5.78. The van der Waals surface area contributed by atoms with Crippen LogP contribution in [-0.2, 0) is 4.79 Å². The van der Waals surface area contributed by atoms with Crippen LogP contribution in [0.15, 0.2) is 42.5 Å². The van der Waals surface area contributed by atoms with Gasteiger partial charge in [0.2, 0.25) is 0 Å². The SMILES string of the molecule is Cc1ccc(OCC(=O)N(C)C(C)c2ccc(F)cc2)cc1C. The molecule has 0 aromatic heterocycles. The molecule has 0 aliphatic heterocycles. The van der Waals surface area contributed by atoms with Gasteiger partial charge in [-0.3, -0.25) is 4.79 Å². The summed E-state index contributed by atoms with van der Waals surface area (Å²) in [5.41, 5.74) is 3.20. The molecule has 0 bridgehead atoms. The molecule has 2 aromatic rings. The summed E-state index contributed by atoms with van der Waals surface area (Å²) < 4.78 is 18.6. The highest BCUT2D eigenvalue weighted by Crippen LogP contribution is 2.20. The highest BCUT2D eigenvalue weighted by atomic mass is 19.1. The van der Waals surface area contributed by atoms with Crippen LogP contribution in [0, 0.1) is 19.7 Å². The Morgan fingerprint density at radius 1 is 1.13 bits per heavy atom. The minimum Gasteiger partial charge on any atom is -0.484 e. The van der Waals surface area contributed by atoms with Gasteiger partial charge in [0.15, 0.2) is 6.61 Å². The summed E-state index contributed by atoms with van der Waals surface area (Å²) in [6, 6.07) is 11.8. The summed E-state index contributed by atoms with van der Waals surface area (Å²) in [5, 5.41) is 0. The molecule has 0 radical (unpaired) electrons. The lowest BCUT2D eigenvalue weighted by atomic mass is 10.1. The van der Waals surface area contributed by atoms with E-state index in [-0.39, 0.29) is 24.4 Å². The lowest BCUT2D eigenvalue weighted by Gasteiger charge is -2.25. The molecule has 0 saturated carbocycles. The lowest BCUT2D eigenvalue weighted by Crippen LogP contribution is -2.33. The number of amides is 1. The first kappa shape index (κ1) is 17.0. The molecule has 0 heterocycles. The Labute approximate surface area is 136 Å². The second kappa shape index (κ2) is 7.27. The minimum atomic E-state index is -0.284. The van der Waals surface area contributed by atoms with E-state index < -0.39 is 0 Å². The van der Waals surface area contributed by atoms with E-state index >= 15 is 0 Å². The first-order valence-electron chi connectivity index (χ1n) is 7.59. The number of hydrogen-bond acceptors (Lipinski definition) is 2. The third kappa shape index (κ3) is 4.31. The highest BCUT2D eigenvalue weighted by Gasteiger charge is 2.18. The maximum atomic E-state index is 13.0. The smallest absolute Gasteiger partial charge is 0.260 e. The number of benzene rings is 2. The Morgan fingerprint density at radius 3 is 2.39 bits per heavy atom. The molecular weight excluding hydrogens is 293 g/mol. The van der Waals surface area contributed by atoms with E-state index in [1.54, 1.807) is 24.1 Å². The Hall–Kier alpha value is -2.36. The Bertz CT molecular complexity index is 682. The molecule has 1 amide bonds. The molecule has 1 unspecified atom stereocenters. The van der Waals surface area contributed by atoms with Crippen LogP contribution in [-0.4, -0.2) is 24.5 Å². The van der Waals surface area contributed by atoms with Gasteiger partial charge in [-0.05, 0) is 61.7 Å². The van der Waals surface area contributed by atoms with Crippen molar-refractivity contribution in [3.63, 3.8) is 0 Å². The number of ether oxygens (including phenoxy) is 1. The molecule has 1 atom stereocenters. The molecule has 2 aromatic carbocycles. The van der Waals surface area contributed by atoms with Crippen LogP contribution in [0.4, 0.5) is 4.39 Å². The van der Waals surface area contributed by atoms with Crippen molar-refractivity contribution in [2.45, 2.75) is 26.8 Å². The summed E-state index contributed by atoms with van der Waals surface area (Å²) in [6.45, 7) is 5.92. The van der Waals surface area contributed by atoms with Gasteiger partial charge in [-0.1, -0.05) is 18.2 Å². The number of halogens is 1. The van der Waals surface area contributed by atoms with E-state index in [1.165, 1.54) is 17.7 Å². The second-order valence-electron chi connectivity index (χ2n) is 5.77. The van der Waals surface area contributed by atoms with Crippen LogP contribution in [0.1, 0.15) is 29.7 Å². The Morgan fingerprint density at radius 2 is 1.78 bits per heavy atom. The van der Waals surface area contributed by atoms with E-state index in [0.29, 0.717) is 5.75 Å². The normalized spacial score (nSPS) is 11.9. The van der Waals surface area contributed by atoms with Crippen LogP contribution in [0.2, 0.25) is 0 Å². The summed E-state index contributed by atoms with van der Waals surface area (Å²) in [4.78, 5) is 13.9. The second-order valence-corrected chi connectivity index (χ2v) is 5.77. The van der Waals surface area contributed by atoms with Crippen LogP contribution in [0.5, 0.6) is 5.75 Å². The molecule has 0 saturated heterocycles. The lowest BCUT2D eigenvalue weighted by molar-refractivity contribution is -0.134. The molecule has 0 aliphatic carbocycles. The van der Waals surface area contributed by atoms with Gasteiger partial charge in [-0.15, -0.1) is 0 Å². The summed E-state index contributed by atoms with van der Waals surface area (Å²) in [5.74, 6) is 0.275. The monoisotopic (exact) mass is 315 g/mol. The molecule has 0 spiro atoms. The van der Waals surface area contributed by atoms with E-state index in [1.807, 2.05) is 39.0 Å². The van der Waals surface area contributed by atoms with Crippen molar-refractivity contribution < 1.29 is 13.9 Å². The zero-order valence-corrected chi connectivity index (χ0v) is 14.0. The predicted molar refractivity (Wildman–Crippen MR) is 89.0 cm³/mol. The first-order valence-corrected chi connectivity index (χ1v) is 7.59. The van der Waals surface area contributed by atoms with Gasteiger partial charge in [-0.25, -0.2) is 4.39 Å². The van der Waals surface area contributed by atoms with Gasteiger partial charge in [-0.2, -0.15) is 0 Å². The van der Waals surface area contributed by atoms with Crippen molar-refractivity contribution >= 4 is 5.91 Å². The average molecular weight is 315 g/mol. The molecular formula is C19H22FNO2. The predicted octanol–water partition coefficient (Wildman–Crippen LogP) is 4.04. The van der Waals surface area contributed by atoms with Crippen LogP contribution < -0.4 is 4.74 Å². The van der Waals surface area contributed by atoms with Gasteiger partial charge in [0.25, 0.3) is 5.91 Å². The number of carbonyl (C=O) groups excluding carboxylic acids is 1. The van der Waals surface area contributed by atoms with Crippen molar-refractivity contribution in [3.8, 4) is 5.75 Å². The zero-order valence-electron chi connectivity index (χ0n) is 14.0. The zero-order chi connectivity index (χ0) is 17.0. The quantitative estimate of drug-likeness (QED) is 0.833. The molecule has 122 valence electrons. The number of carbonyl (C=O) groups is 1. The largest absolute Gasteiger partial charge is 0.484 e. The van der Waals surface area contributed by atoms with E-state index in [2.05, 4.69) is 0 Å². The van der Waals surface area contributed by atoms with Crippen molar-refractivity contribution in [2.24, 2.45) is 0 Å². The number of hydrogen-bond donors (Lipinski definition) is 0. The van der Waals surface area contributed by atoms with E-state index in [4.69, 9.17) is 4.74 Å². The Balaban J connectivity index is 1.96. The maximum absolute atomic E-state index is 13.0. The maximum Gasteiger partial charge on any atom is 0.260 e. The molecule has 23 heavy (non-hydrogen) atoms. The molecule has 2 rings (SSSR count). The number of aryl methyl sites for hydroxylation is 2. The number of likely N-dealkylation sites (N-methyl/N-ethyl adjacent to an activating group) is 1. The van der Waals surface area contributed by atoms with Gasteiger partial charge < -0.3 is 9.64 Å². The molecule has 3 nitrogen and oxygen atoms in total.